The summed E-state index contributed by atoms with van der Waals surface area (Å²) in [5.41, 5.74) is 5.95. The van der Waals surface area contributed by atoms with E-state index in [-0.39, 0.29) is 5.54 Å². The summed E-state index contributed by atoms with van der Waals surface area (Å²) in [6, 6.07) is 0. The topological polar surface area (TPSA) is 29.3 Å². The smallest absolute Gasteiger partial charge is 0.114 e. The minimum absolute atomic E-state index is 0.0685. The Hall–Kier alpha value is -0.150. The van der Waals surface area contributed by atoms with Crippen LogP contribution in [0.4, 0.5) is 4.39 Å². The van der Waals surface area contributed by atoms with Crippen LogP contribution in [0, 0.1) is 5.92 Å². The van der Waals surface area contributed by atoms with E-state index in [9.17, 15) is 4.39 Å². The predicted molar refractivity (Wildman–Crippen MR) is 55.9 cm³/mol. The van der Waals surface area contributed by atoms with E-state index in [1.165, 1.54) is 19.3 Å². The Kier molecular flexibility index (Phi) is 2.80. The van der Waals surface area contributed by atoms with Crippen LogP contribution in [0.2, 0.25) is 0 Å². The number of rotatable bonds is 3. The number of hydrogen-bond acceptors (Lipinski definition) is 2. The zero-order valence-corrected chi connectivity index (χ0v) is 9.01. The van der Waals surface area contributed by atoms with Gasteiger partial charge < -0.3 is 5.73 Å². The lowest BCUT2D eigenvalue weighted by atomic mass is 9.71. The molecule has 2 fully saturated rings. The monoisotopic (exact) mass is 200 g/mol. The second-order valence-corrected chi connectivity index (χ2v) is 5.02. The molecular formula is C11H21FN2. The summed E-state index contributed by atoms with van der Waals surface area (Å²) >= 11 is 0. The van der Waals surface area contributed by atoms with Gasteiger partial charge in [-0.2, -0.15) is 0 Å². The van der Waals surface area contributed by atoms with Crippen molar-refractivity contribution in [2.75, 3.05) is 19.6 Å². The summed E-state index contributed by atoms with van der Waals surface area (Å²) in [6.45, 7) is 4.38. The largest absolute Gasteiger partial charge is 0.329 e. The average molecular weight is 200 g/mol. The van der Waals surface area contributed by atoms with Crippen molar-refractivity contribution in [1.82, 2.24) is 4.90 Å². The Balaban J connectivity index is 2.03. The summed E-state index contributed by atoms with van der Waals surface area (Å²) in [7, 11) is 0. The van der Waals surface area contributed by atoms with Crippen molar-refractivity contribution in [3.63, 3.8) is 0 Å². The Morgan fingerprint density at radius 1 is 1.43 bits per heavy atom. The van der Waals surface area contributed by atoms with Crippen molar-refractivity contribution < 1.29 is 4.39 Å². The van der Waals surface area contributed by atoms with E-state index >= 15 is 0 Å². The normalized spacial score (nSPS) is 34.1. The fourth-order valence-corrected chi connectivity index (χ4v) is 2.77. The van der Waals surface area contributed by atoms with Crippen LogP contribution in [0.3, 0.4) is 0 Å². The van der Waals surface area contributed by atoms with E-state index in [1.54, 1.807) is 0 Å². The van der Waals surface area contributed by atoms with Gasteiger partial charge in [-0.25, -0.2) is 4.39 Å². The number of hydrogen-bond donors (Lipinski definition) is 1. The fraction of sp³-hybridized carbons (Fsp3) is 1.00. The number of halogens is 1. The average Bonchev–Trinajstić information content (AvgIpc) is 2.48. The van der Waals surface area contributed by atoms with Gasteiger partial charge in [0.1, 0.15) is 6.17 Å². The second kappa shape index (κ2) is 3.78. The van der Waals surface area contributed by atoms with Gasteiger partial charge in [-0.05, 0) is 32.1 Å². The van der Waals surface area contributed by atoms with Gasteiger partial charge in [-0.3, -0.25) is 4.90 Å². The molecule has 0 radical (unpaired) electrons. The van der Waals surface area contributed by atoms with Crippen LogP contribution < -0.4 is 5.73 Å². The van der Waals surface area contributed by atoms with Crippen molar-refractivity contribution in [1.29, 1.82) is 0 Å². The van der Waals surface area contributed by atoms with Gasteiger partial charge in [0.25, 0.3) is 0 Å². The van der Waals surface area contributed by atoms with Crippen molar-refractivity contribution in [3.8, 4) is 0 Å². The molecule has 1 saturated heterocycles. The Morgan fingerprint density at radius 2 is 2.14 bits per heavy atom. The van der Waals surface area contributed by atoms with E-state index in [1.807, 2.05) is 0 Å². The summed E-state index contributed by atoms with van der Waals surface area (Å²) in [5.74, 6) is 0.706. The molecule has 2 nitrogen and oxygen atoms in total. The highest BCUT2D eigenvalue weighted by Crippen LogP contribution is 2.40. The maximum Gasteiger partial charge on any atom is 0.114 e. The maximum absolute atomic E-state index is 13.1. The van der Waals surface area contributed by atoms with Crippen LogP contribution in [-0.4, -0.2) is 36.2 Å². The van der Waals surface area contributed by atoms with Crippen molar-refractivity contribution in [2.45, 2.75) is 44.3 Å². The third-order valence-electron chi connectivity index (χ3n) is 4.25. The standard InChI is InChI=1S/C11H21FN2/c1-11(8-13,9-3-2-4-9)14-6-5-10(12)7-14/h9-10H,2-8,13H2,1H3. The molecule has 1 aliphatic carbocycles. The quantitative estimate of drug-likeness (QED) is 0.749. The first-order chi connectivity index (χ1) is 6.66. The molecule has 3 heteroatoms. The molecule has 2 unspecified atom stereocenters. The molecule has 1 heterocycles. The van der Waals surface area contributed by atoms with Crippen LogP contribution in [0.25, 0.3) is 0 Å². The van der Waals surface area contributed by atoms with Gasteiger partial charge in [0, 0.05) is 25.2 Å². The van der Waals surface area contributed by atoms with Gasteiger partial charge in [-0.15, -0.1) is 0 Å². The van der Waals surface area contributed by atoms with Gasteiger partial charge in [0.05, 0.1) is 0 Å². The van der Waals surface area contributed by atoms with Crippen molar-refractivity contribution in [2.24, 2.45) is 11.7 Å². The Bertz CT molecular complexity index is 205. The molecule has 1 saturated carbocycles. The van der Waals surface area contributed by atoms with Gasteiger partial charge in [0.15, 0.2) is 0 Å². The van der Waals surface area contributed by atoms with Gasteiger partial charge in [-0.1, -0.05) is 6.42 Å². The molecule has 0 spiro atoms. The lowest BCUT2D eigenvalue weighted by Gasteiger charge is -2.48. The lowest BCUT2D eigenvalue weighted by Crippen LogP contribution is -2.57. The minimum Gasteiger partial charge on any atom is -0.329 e. The summed E-state index contributed by atoms with van der Waals surface area (Å²) in [5, 5.41) is 0. The first-order valence-corrected chi connectivity index (χ1v) is 5.76. The first kappa shape index (κ1) is 10.4. The van der Waals surface area contributed by atoms with Crippen molar-refractivity contribution in [3.05, 3.63) is 0 Å². The summed E-state index contributed by atoms with van der Waals surface area (Å²) < 4.78 is 13.1. The molecule has 0 aromatic heterocycles. The van der Waals surface area contributed by atoms with E-state index in [2.05, 4.69) is 11.8 Å². The highest BCUT2D eigenvalue weighted by atomic mass is 19.1. The number of alkyl halides is 1. The number of nitrogens with two attached hydrogens (primary N) is 1. The molecule has 0 amide bonds. The van der Waals surface area contributed by atoms with Crippen LogP contribution >= 0.6 is 0 Å². The Labute approximate surface area is 85.6 Å². The molecule has 1 aliphatic heterocycles. The first-order valence-electron chi connectivity index (χ1n) is 5.76. The molecule has 14 heavy (non-hydrogen) atoms. The van der Waals surface area contributed by atoms with E-state index in [4.69, 9.17) is 5.73 Å². The number of likely N-dealkylation sites (tertiary alicyclic amines) is 1. The van der Waals surface area contributed by atoms with E-state index < -0.39 is 6.17 Å². The SMILES string of the molecule is CC(CN)(C1CCC1)N1CCC(F)C1. The minimum atomic E-state index is -0.624. The molecule has 2 N–H and O–H groups in total. The molecule has 2 atom stereocenters. The van der Waals surface area contributed by atoms with Crippen LogP contribution in [0.5, 0.6) is 0 Å². The fourth-order valence-electron chi connectivity index (χ4n) is 2.77. The zero-order chi connectivity index (χ0) is 10.2. The zero-order valence-electron chi connectivity index (χ0n) is 9.01. The second-order valence-electron chi connectivity index (χ2n) is 5.02. The summed E-state index contributed by atoms with van der Waals surface area (Å²) in [6.07, 6.45) is 3.96. The highest BCUT2D eigenvalue weighted by Gasteiger charge is 2.43. The van der Waals surface area contributed by atoms with Crippen LogP contribution in [0.15, 0.2) is 0 Å². The Morgan fingerprint density at radius 3 is 2.50 bits per heavy atom. The molecular weight excluding hydrogens is 179 g/mol. The predicted octanol–water partition coefficient (Wildman–Crippen LogP) is 1.55. The molecule has 0 aromatic carbocycles. The van der Waals surface area contributed by atoms with Gasteiger partial charge in [0.2, 0.25) is 0 Å². The van der Waals surface area contributed by atoms with Crippen molar-refractivity contribution >= 4 is 0 Å². The molecule has 2 aliphatic rings. The highest BCUT2D eigenvalue weighted by molar-refractivity contribution is 4.99. The third kappa shape index (κ3) is 1.57. The molecule has 0 aromatic rings. The number of nitrogens with zero attached hydrogens (tertiary/aromatic N) is 1. The molecule has 82 valence electrons. The summed E-state index contributed by atoms with van der Waals surface area (Å²) in [4.78, 5) is 2.28. The van der Waals surface area contributed by atoms with Crippen LogP contribution in [0.1, 0.15) is 32.6 Å². The van der Waals surface area contributed by atoms with E-state index in [0.29, 0.717) is 25.4 Å². The maximum atomic E-state index is 13.1. The molecule has 0 bridgehead atoms. The van der Waals surface area contributed by atoms with Crippen LogP contribution in [-0.2, 0) is 0 Å². The third-order valence-corrected chi connectivity index (χ3v) is 4.25. The molecule has 2 rings (SSSR count). The van der Waals surface area contributed by atoms with E-state index in [0.717, 1.165) is 6.54 Å². The lowest BCUT2D eigenvalue weighted by molar-refractivity contribution is 0.0300. The van der Waals surface area contributed by atoms with Gasteiger partial charge >= 0.3 is 0 Å².